The van der Waals surface area contributed by atoms with Crippen molar-refractivity contribution in [3.63, 3.8) is 0 Å². The Bertz CT molecular complexity index is 494. The molecule has 0 saturated carbocycles. The van der Waals surface area contributed by atoms with Crippen LogP contribution in [0.5, 0.6) is 0 Å². The Labute approximate surface area is 93.6 Å². The molecule has 0 bridgehead atoms. The van der Waals surface area contributed by atoms with Gasteiger partial charge in [-0.3, -0.25) is 0 Å². The van der Waals surface area contributed by atoms with Crippen LogP contribution in [0.3, 0.4) is 0 Å². The summed E-state index contributed by atoms with van der Waals surface area (Å²) in [5, 5.41) is 5.82. The molecule has 0 spiro atoms. The number of benzene rings is 1. The van der Waals surface area contributed by atoms with Gasteiger partial charge in [0.25, 0.3) is 0 Å². The second-order valence-electron chi connectivity index (χ2n) is 3.18. The standard InChI is InChI=1S/C12H11ClN2/c1-2-7-14-12-10-6-4-3-5-9(10)8-11(13)15-12/h2-6,8H,1,7H2,(H,14,15). The molecule has 0 aliphatic heterocycles. The van der Waals surface area contributed by atoms with Crippen LogP contribution in [0.2, 0.25) is 5.15 Å². The molecular formula is C12H11ClN2. The molecule has 15 heavy (non-hydrogen) atoms. The smallest absolute Gasteiger partial charge is 0.135 e. The Kier molecular flexibility index (Phi) is 2.88. The molecule has 76 valence electrons. The molecule has 1 aromatic heterocycles. The maximum atomic E-state index is 5.93. The summed E-state index contributed by atoms with van der Waals surface area (Å²) >= 11 is 5.93. The number of nitrogens with one attached hydrogen (secondary N) is 1. The first-order valence-electron chi connectivity index (χ1n) is 4.71. The van der Waals surface area contributed by atoms with Gasteiger partial charge in [0.1, 0.15) is 11.0 Å². The fourth-order valence-corrected chi connectivity index (χ4v) is 1.67. The summed E-state index contributed by atoms with van der Waals surface area (Å²) in [4.78, 5) is 4.25. The molecule has 0 aliphatic carbocycles. The zero-order chi connectivity index (χ0) is 10.7. The van der Waals surface area contributed by atoms with Crippen molar-refractivity contribution in [1.29, 1.82) is 0 Å². The molecule has 0 unspecified atom stereocenters. The van der Waals surface area contributed by atoms with Gasteiger partial charge in [-0.25, -0.2) is 4.98 Å². The molecule has 1 N–H and O–H groups in total. The van der Waals surface area contributed by atoms with Gasteiger partial charge in [-0.15, -0.1) is 6.58 Å². The highest BCUT2D eigenvalue weighted by atomic mass is 35.5. The van der Waals surface area contributed by atoms with Gasteiger partial charge in [0, 0.05) is 11.9 Å². The molecule has 0 saturated heterocycles. The van der Waals surface area contributed by atoms with Crippen molar-refractivity contribution in [2.75, 3.05) is 11.9 Å². The zero-order valence-corrected chi connectivity index (χ0v) is 8.96. The van der Waals surface area contributed by atoms with Gasteiger partial charge < -0.3 is 5.32 Å². The van der Waals surface area contributed by atoms with Crippen molar-refractivity contribution in [1.82, 2.24) is 4.98 Å². The average Bonchev–Trinajstić information content (AvgIpc) is 2.25. The second-order valence-corrected chi connectivity index (χ2v) is 3.57. The Morgan fingerprint density at radius 2 is 2.20 bits per heavy atom. The third kappa shape index (κ3) is 2.10. The summed E-state index contributed by atoms with van der Waals surface area (Å²) in [6, 6.07) is 9.86. The van der Waals surface area contributed by atoms with Gasteiger partial charge >= 0.3 is 0 Å². The number of pyridine rings is 1. The van der Waals surface area contributed by atoms with Crippen molar-refractivity contribution < 1.29 is 0 Å². The van der Waals surface area contributed by atoms with Gasteiger partial charge in [0.05, 0.1) is 0 Å². The third-order valence-electron chi connectivity index (χ3n) is 2.12. The molecule has 2 nitrogen and oxygen atoms in total. The lowest BCUT2D eigenvalue weighted by atomic mass is 10.1. The summed E-state index contributed by atoms with van der Waals surface area (Å²) in [6.07, 6.45) is 1.79. The fourth-order valence-electron chi connectivity index (χ4n) is 1.47. The van der Waals surface area contributed by atoms with E-state index in [1.165, 1.54) is 0 Å². The van der Waals surface area contributed by atoms with Crippen molar-refractivity contribution in [3.05, 3.63) is 48.1 Å². The lowest BCUT2D eigenvalue weighted by molar-refractivity contribution is 1.25. The molecule has 0 radical (unpaired) electrons. The van der Waals surface area contributed by atoms with Gasteiger partial charge in [-0.1, -0.05) is 41.9 Å². The van der Waals surface area contributed by atoms with Crippen LogP contribution in [0.4, 0.5) is 5.82 Å². The minimum Gasteiger partial charge on any atom is -0.366 e. The van der Waals surface area contributed by atoms with Gasteiger partial charge in [0.15, 0.2) is 0 Å². The minimum atomic E-state index is 0.500. The van der Waals surface area contributed by atoms with E-state index in [1.807, 2.05) is 30.3 Å². The van der Waals surface area contributed by atoms with E-state index >= 15 is 0 Å². The number of nitrogens with zero attached hydrogens (tertiary/aromatic N) is 1. The topological polar surface area (TPSA) is 24.9 Å². The van der Waals surface area contributed by atoms with E-state index in [0.717, 1.165) is 16.6 Å². The first kappa shape index (κ1) is 9.99. The van der Waals surface area contributed by atoms with Crippen molar-refractivity contribution in [2.24, 2.45) is 0 Å². The first-order chi connectivity index (χ1) is 7.31. The highest BCUT2D eigenvalue weighted by Crippen LogP contribution is 2.24. The molecule has 2 aromatic rings. The lowest BCUT2D eigenvalue weighted by Crippen LogP contribution is -2.00. The minimum absolute atomic E-state index is 0.500. The highest BCUT2D eigenvalue weighted by Gasteiger charge is 2.02. The van der Waals surface area contributed by atoms with E-state index in [1.54, 1.807) is 6.08 Å². The van der Waals surface area contributed by atoms with Crippen molar-refractivity contribution in [2.45, 2.75) is 0 Å². The number of hydrogen-bond donors (Lipinski definition) is 1. The quantitative estimate of drug-likeness (QED) is 0.630. The monoisotopic (exact) mass is 218 g/mol. The van der Waals surface area contributed by atoms with E-state index < -0.39 is 0 Å². The predicted molar refractivity (Wildman–Crippen MR) is 65.4 cm³/mol. The maximum Gasteiger partial charge on any atom is 0.135 e. The molecule has 2 rings (SSSR count). The van der Waals surface area contributed by atoms with Crippen LogP contribution in [-0.2, 0) is 0 Å². The summed E-state index contributed by atoms with van der Waals surface area (Å²) in [5.74, 6) is 0.804. The highest BCUT2D eigenvalue weighted by molar-refractivity contribution is 6.30. The Morgan fingerprint density at radius 1 is 1.40 bits per heavy atom. The van der Waals surface area contributed by atoms with Crippen LogP contribution in [0.1, 0.15) is 0 Å². The van der Waals surface area contributed by atoms with Crippen LogP contribution in [0.25, 0.3) is 10.8 Å². The number of fused-ring (bicyclic) bond motifs is 1. The number of rotatable bonds is 3. The molecule has 1 aromatic carbocycles. The predicted octanol–water partition coefficient (Wildman–Crippen LogP) is 3.49. The third-order valence-corrected chi connectivity index (χ3v) is 2.32. The molecule has 3 heteroatoms. The van der Waals surface area contributed by atoms with E-state index in [-0.39, 0.29) is 0 Å². The fraction of sp³-hybridized carbons (Fsp3) is 0.0833. The van der Waals surface area contributed by atoms with Gasteiger partial charge in [-0.2, -0.15) is 0 Å². The normalized spacial score (nSPS) is 10.2. The maximum absolute atomic E-state index is 5.93. The first-order valence-corrected chi connectivity index (χ1v) is 5.09. The van der Waals surface area contributed by atoms with Crippen LogP contribution in [0.15, 0.2) is 43.0 Å². The number of hydrogen-bond acceptors (Lipinski definition) is 2. The molecule has 0 fully saturated rings. The largest absolute Gasteiger partial charge is 0.366 e. The summed E-state index contributed by atoms with van der Waals surface area (Å²) in [6.45, 7) is 4.33. The van der Waals surface area contributed by atoms with E-state index in [2.05, 4.69) is 16.9 Å². The van der Waals surface area contributed by atoms with E-state index in [4.69, 9.17) is 11.6 Å². The van der Waals surface area contributed by atoms with E-state index in [0.29, 0.717) is 11.7 Å². The molecule has 0 aliphatic rings. The second kappa shape index (κ2) is 4.32. The van der Waals surface area contributed by atoms with Crippen molar-refractivity contribution >= 4 is 28.2 Å². The van der Waals surface area contributed by atoms with Crippen molar-refractivity contribution in [3.8, 4) is 0 Å². The lowest BCUT2D eigenvalue weighted by Gasteiger charge is -2.07. The average molecular weight is 219 g/mol. The van der Waals surface area contributed by atoms with Crippen LogP contribution in [0, 0.1) is 0 Å². The van der Waals surface area contributed by atoms with Gasteiger partial charge in [0.2, 0.25) is 0 Å². The number of halogens is 1. The number of aromatic nitrogens is 1. The number of anilines is 1. The summed E-state index contributed by atoms with van der Waals surface area (Å²) < 4.78 is 0. The summed E-state index contributed by atoms with van der Waals surface area (Å²) in [7, 11) is 0. The Morgan fingerprint density at radius 3 is 3.00 bits per heavy atom. The Hall–Kier alpha value is -1.54. The van der Waals surface area contributed by atoms with E-state index in [9.17, 15) is 0 Å². The van der Waals surface area contributed by atoms with Crippen LogP contribution < -0.4 is 5.32 Å². The zero-order valence-electron chi connectivity index (χ0n) is 8.20. The van der Waals surface area contributed by atoms with Crippen LogP contribution >= 0.6 is 11.6 Å². The molecular weight excluding hydrogens is 208 g/mol. The molecule has 0 atom stereocenters. The van der Waals surface area contributed by atoms with Crippen LogP contribution in [-0.4, -0.2) is 11.5 Å². The SMILES string of the molecule is C=CCNc1nc(Cl)cc2ccccc12. The summed E-state index contributed by atoms with van der Waals surface area (Å²) in [5.41, 5.74) is 0. The Balaban J connectivity index is 2.55. The van der Waals surface area contributed by atoms with Gasteiger partial charge in [-0.05, 0) is 11.5 Å². The molecule has 1 heterocycles. The molecule has 0 amide bonds.